The van der Waals surface area contributed by atoms with Crippen LogP contribution in [0.5, 0.6) is 5.75 Å². The summed E-state index contributed by atoms with van der Waals surface area (Å²) in [6.45, 7) is 2.03. The van der Waals surface area contributed by atoms with E-state index in [0.29, 0.717) is 17.7 Å². The van der Waals surface area contributed by atoms with E-state index < -0.39 is 18.2 Å². The number of ether oxygens (including phenoxy) is 2. The van der Waals surface area contributed by atoms with Gasteiger partial charge in [-0.1, -0.05) is 36.5 Å². The first kappa shape index (κ1) is 17.8. The predicted molar refractivity (Wildman–Crippen MR) is 76.4 cm³/mol. The zero-order valence-corrected chi connectivity index (χ0v) is 12.9. The molecule has 21 heavy (non-hydrogen) atoms. The van der Waals surface area contributed by atoms with E-state index in [1.807, 2.05) is 6.92 Å². The molecule has 1 rings (SSSR count). The Balaban J connectivity index is 3.04. The van der Waals surface area contributed by atoms with Gasteiger partial charge in [0.05, 0.1) is 18.1 Å². The fourth-order valence-electron chi connectivity index (χ4n) is 1.54. The van der Waals surface area contributed by atoms with Crippen LogP contribution in [0.1, 0.15) is 26.2 Å². The lowest BCUT2D eigenvalue weighted by atomic mass is 10.2. The summed E-state index contributed by atoms with van der Waals surface area (Å²) in [5.41, 5.74) is 0. The molecule has 0 fully saturated rings. The Bertz CT molecular complexity index is 506. The summed E-state index contributed by atoms with van der Waals surface area (Å²) in [6.07, 6.45) is 1.29. The predicted octanol–water partition coefficient (Wildman–Crippen LogP) is 2.22. The maximum atomic E-state index is 11.4. The third-order valence-electron chi connectivity index (χ3n) is 2.66. The van der Waals surface area contributed by atoms with Crippen LogP contribution in [-0.2, 0) is 14.3 Å². The van der Waals surface area contributed by atoms with Gasteiger partial charge >= 0.3 is 0 Å². The number of carbonyl (C=O) groups excluding carboxylic acids is 2. The van der Waals surface area contributed by atoms with Crippen molar-refractivity contribution in [3.8, 4) is 5.75 Å². The van der Waals surface area contributed by atoms with Gasteiger partial charge in [-0.2, -0.15) is 0 Å². The molecule has 7 heteroatoms. The number of unbranched alkanes of at least 4 members (excludes halogenated alkanes) is 1. The summed E-state index contributed by atoms with van der Waals surface area (Å²) in [6, 6.07) is 4.28. The number of rotatable bonds is 9. The lowest BCUT2D eigenvalue weighted by Gasteiger charge is -2.33. The minimum absolute atomic E-state index is 0.0450. The van der Waals surface area contributed by atoms with Crippen LogP contribution < -0.4 is 9.84 Å². The molecule has 1 aromatic carbocycles. The zero-order chi connectivity index (χ0) is 15.9. The molecule has 0 amide bonds. The molecule has 0 N–H and O–H groups in total. The van der Waals surface area contributed by atoms with Crippen LogP contribution in [0.4, 0.5) is 0 Å². The van der Waals surface area contributed by atoms with Gasteiger partial charge in [0.1, 0.15) is 18.0 Å². The molecular weight excluding hydrogens is 319 g/mol. The molecular formula is C14H15Cl2O5-. The molecule has 0 spiro atoms. The van der Waals surface area contributed by atoms with E-state index in [4.69, 9.17) is 32.7 Å². The van der Waals surface area contributed by atoms with Crippen LogP contribution >= 0.6 is 23.2 Å². The molecule has 1 aromatic rings. The lowest BCUT2D eigenvalue weighted by Crippen LogP contribution is -2.55. The van der Waals surface area contributed by atoms with Crippen molar-refractivity contribution in [3.05, 3.63) is 28.2 Å². The van der Waals surface area contributed by atoms with Gasteiger partial charge in [0.15, 0.2) is 0 Å². The van der Waals surface area contributed by atoms with E-state index in [2.05, 4.69) is 0 Å². The standard InChI is InChI=1S/C14H16Cl2O5/c1-2-3-8-20-14(6-7-17,13(18)19)21-12-5-4-10(15)9-11(12)16/h4-5,7,9H,2-3,6,8H2,1H3,(H,18,19)/p-1. The topological polar surface area (TPSA) is 75.7 Å². The normalized spacial score (nSPS) is 13.5. The second kappa shape index (κ2) is 8.22. The van der Waals surface area contributed by atoms with Crippen molar-refractivity contribution in [2.75, 3.05) is 6.61 Å². The van der Waals surface area contributed by atoms with Crippen LogP contribution in [0, 0.1) is 0 Å². The number of benzene rings is 1. The van der Waals surface area contributed by atoms with Gasteiger partial charge in [0.2, 0.25) is 0 Å². The van der Waals surface area contributed by atoms with Gasteiger partial charge in [-0.25, -0.2) is 0 Å². The summed E-state index contributed by atoms with van der Waals surface area (Å²) in [4.78, 5) is 22.2. The number of halogens is 2. The second-order valence-electron chi connectivity index (χ2n) is 4.29. The molecule has 0 aliphatic rings. The minimum atomic E-state index is -2.20. The largest absolute Gasteiger partial charge is 0.543 e. The summed E-state index contributed by atoms with van der Waals surface area (Å²) >= 11 is 11.7. The molecule has 116 valence electrons. The summed E-state index contributed by atoms with van der Waals surface area (Å²) in [5, 5.41) is 11.9. The van der Waals surface area contributed by atoms with Gasteiger partial charge < -0.3 is 24.2 Å². The van der Waals surface area contributed by atoms with E-state index >= 15 is 0 Å². The van der Waals surface area contributed by atoms with Gasteiger partial charge in [-0.3, -0.25) is 0 Å². The number of carboxylic acid groups (broad SMARTS) is 1. The Morgan fingerprint density at radius 1 is 1.43 bits per heavy atom. The smallest absolute Gasteiger partial charge is 0.258 e. The first-order valence-corrected chi connectivity index (χ1v) is 7.14. The van der Waals surface area contributed by atoms with Gasteiger partial charge in [-0.15, -0.1) is 0 Å². The van der Waals surface area contributed by atoms with E-state index in [1.54, 1.807) is 0 Å². The van der Waals surface area contributed by atoms with E-state index in [9.17, 15) is 14.7 Å². The van der Waals surface area contributed by atoms with Gasteiger partial charge in [0.25, 0.3) is 5.79 Å². The lowest BCUT2D eigenvalue weighted by molar-refractivity contribution is -0.347. The Morgan fingerprint density at radius 3 is 2.67 bits per heavy atom. The summed E-state index contributed by atoms with van der Waals surface area (Å²) < 4.78 is 10.6. The monoisotopic (exact) mass is 333 g/mol. The highest BCUT2D eigenvalue weighted by molar-refractivity contribution is 6.35. The zero-order valence-electron chi connectivity index (χ0n) is 11.4. The Hall–Kier alpha value is -1.30. The van der Waals surface area contributed by atoms with Crippen LogP contribution in [-0.4, -0.2) is 24.6 Å². The Labute approximate surface area is 132 Å². The maximum absolute atomic E-state index is 11.4. The molecule has 5 nitrogen and oxygen atoms in total. The van der Waals surface area contributed by atoms with Crippen molar-refractivity contribution in [3.63, 3.8) is 0 Å². The van der Waals surface area contributed by atoms with Crippen molar-refractivity contribution in [1.82, 2.24) is 0 Å². The molecule has 0 radical (unpaired) electrons. The Kier molecular flexibility index (Phi) is 6.95. The third kappa shape index (κ3) is 4.88. The van der Waals surface area contributed by atoms with Crippen molar-refractivity contribution in [2.45, 2.75) is 32.0 Å². The average molecular weight is 334 g/mol. The fraction of sp³-hybridized carbons (Fsp3) is 0.429. The molecule has 0 aromatic heterocycles. The van der Waals surface area contributed by atoms with Crippen molar-refractivity contribution >= 4 is 35.5 Å². The quantitative estimate of drug-likeness (QED) is 0.393. The van der Waals surface area contributed by atoms with Gasteiger partial charge in [0, 0.05) is 5.02 Å². The molecule has 0 saturated carbocycles. The number of hydrogen-bond donors (Lipinski definition) is 0. The third-order valence-corrected chi connectivity index (χ3v) is 3.20. The van der Waals surface area contributed by atoms with Crippen molar-refractivity contribution in [2.24, 2.45) is 0 Å². The number of aldehydes is 1. The number of aliphatic carboxylic acids is 1. The fourth-order valence-corrected chi connectivity index (χ4v) is 1.99. The Morgan fingerprint density at radius 2 is 2.14 bits per heavy atom. The molecule has 0 saturated heterocycles. The van der Waals surface area contributed by atoms with E-state index in [1.165, 1.54) is 18.2 Å². The van der Waals surface area contributed by atoms with E-state index in [-0.39, 0.29) is 17.4 Å². The molecule has 0 bridgehead atoms. The maximum Gasteiger partial charge on any atom is 0.258 e. The van der Waals surface area contributed by atoms with Crippen molar-refractivity contribution in [1.29, 1.82) is 0 Å². The molecule has 0 aliphatic carbocycles. The van der Waals surface area contributed by atoms with E-state index in [0.717, 1.165) is 6.42 Å². The molecule has 0 heterocycles. The molecule has 1 atom stereocenters. The summed E-state index contributed by atoms with van der Waals surface area (Å²) in [5.74, 6) is -3.80. The number of hydrogen-bond acceptors (Lipinski definition) is 5. The van der Waals surface area contributed by atoms with Gasteiger partial charge in [-0.05, 0) is 24.6 Å². The number of carbonyl (C=O) groups is 2. The first-order valence-electron chi connectivity index (χ1n) is 6.38. The second-order valence-corrected chi connectivity index (χ2v) is 5.13. The van der Waals surface area contributed by atoms with Crippen LogP contribution in [0.25, 0.3) is 0 Å². The molecule has 0 aliphatic heterocycles. The highest BCUT2D eigenvalue weighted by Crippen LogP contribution is 2.31. The SMILES string of the molecule is CCCCOC(CC=O)(Oc1ccc(Cl)cc1Cl)C(=O)[O-]. The first-order chi connectivity index (χ1) is 9.95. The average Bonchev–Trinajstić information content (AvgIpc) is 2.42. The highest BCUT2D eigenvalue weighted by Gasteiger charge is 2.36. The molecule has 1 unspecified atom stereocenters. The highest BCUT2D eigenvalue weighted by atomic mass is 35.5. The minimum Gasteiger partial charge on any atom is -0.543 e. The van der Waals surface area contributed by atoms with Crippen molar-refractivity contribution < 1.29 is 24.2 Å². The van der Waals surface area contributed by atoms with Crippen LogP contribution in [0.15, 0.2) is 18.2 Å². The van der Waals surface area contributed by atoms with Crippen LogP contribution in [0.3, 0.4) is 0 Å². The number of carboxylic acids is 1. The van der Waals surface area contributed by atoms with Crippen LogP contribution in [0.2, 0.25) is 10.0 Å². The summed E-state index contributed by atoms with van der Waals surface area (Å²) in [7, 11) is 0.